The largest absolute Gasteiger partial charge is 0.469 e. The van der Waals surface area contributed by atoms with Crippen LogP contribution in [-0.4, -0.2) is 49.1 Å². The zero-order valence-electron chi connectivity index (χ0n) is 14.8. The second kappa shape index (κ2) is 9.60. The van der Waals surface area contributed by atoms with Crippen molar-refractivity contribution in [1.29, 1.82) is 0 Å². The number of hydrogen-bond donors (Lipinski definition) is 2. The van der Waals surface area contributed by atoms with Crippen LogP contribution in [0.15, 0.2) is 27.8 Å². The van der Waals surface area contributed by atoms with E-state index in [9.17, 15) is 0 Å². The van der Waals surface area contributed by atoms with Gasteiger partial charge in [-0.25, -0.2) is 0 Å². The van der Waals surface area contributed by atoms with Crippen molar-refractivity contribution >= 4 is 5.96 Å². The normalized spacial score (nSPS) is 21.2. The maximum Gasteiger partial charge on any atom is 0.191 e. The van der Waals surface area contributed by atoms with Gasteiger partial charge in [0, 0.05) is 31.6 Å². The number of aliphatic imine (C=N–C) groups is 1. The van der Waals surface area contributed by atoms with Crippen LogP contribution in [0.5, 0.6) is 0 Å². The number of rotatable bonds is 7. The van der Waals surface area contributed by atoms with Gasteiger partial charge in [0.05, 0.1) is 12.8 Å². The molecule has 0 saturated carbocycles. The molecule has 0 aromatic carbocycles. The van der Waals surface area contributed by atoms with Gasteiger partial charge in [0.1, 0.15) is 5.76 Å². The van der Waals surface area contributed by atoms with Crippen molar-refractivity contribution in [3.8, 4) is 0 Å². The first-order valence-electron chi connectivity index (χ1n) is 9.01. The molecule has 1 aliphatic heterocycles. The number of guanidine groups is 1. The minimum atomic E-state index is 0.492. The van der Waals surface area contributed by atoms with Crippen LogP contribution in [0.2, 0.25) is 0 Å². The Morgan fingerprint density at radius 2 is 2.30 bits per heavy atom. The summed E-state index contributed by atoms with van der Waals surface area (Å²) in [5.41, 5.74) is 0. The fourth-order valence-corrected chi connectivity index (χ4v) is 3.20. The van der Waals surface area contributed by atoms with Crippen molar-refractivity contribution in [2.45, 2.75) is 58.5 Å². The van der Waals surface area contributed by atoms with Crippen LogP contribution in [0.4, 0.5) is 0 Å². The van der Waals surface area contributed by atoms with Gasteiger partial charge in [-0.15, -0.1) is 0 Å². The van der Waals surface area contributed by atoms with Crippen molar-refractivity contribution in [2.24, 2.45) is 4.99 Å². The summed E-state index contributed by atoms with van der Waals surface area (Å²) < 4.78 is 5.36. The van der Waals surface area contributed by atoms with E-state index in [1.807, 2.05) is 12.1 Å². The average Bonchev–Trinajstić information content (AvgIpc) is 3.06. The number of likely N-dealkylation sites (tertiary alicyclic amines) is 1. The number of furan rings is 1. The summed E-state index contributed by atoms with van der Waals surface area (Å²) in [7, 11) is 0. The fourth-order valence-electron chi connectivity index (χ4n) is 3.20. The molecule has 1 saturated heterocycles. The van der Waals surface area contributed by atoms with Gasteiger partial charge in [0.15, 0.2) is 5.96 Å². The lowest BCUT2D eigenvalue weighted by atomic mass is 10.0. The maximum atomic E-state index is 5.36. The Morgan fingerprint density at radius 1 is 1.43 bits per heavy atom. The first kappa shape index (κ1) is 17.9. The quantitative estimate of drug-likeness (QED) is 0.599. The summed E-state index contributed by atoms with van der Waals surface area (Å²) in [6, 6.07) is 5.11. The van der Waals surface area contributed by atoms with Gasteiger partial charge in [-0.3, -0.25) is 9.89 Å². The van der Waals surface area contributed by atoms with E-state index in [0.29, 0.717) is 12.1 Å². The predicted molar refractivity (Wildman–Crippen MR) is 95.9 cm³/mol. The third-order valence-electron chi connectivity index (χ3n) is 4.52. The molecule has 2 unspecified atom stereocenters. The summed E-state index contributed by atoms with van der Waals surface area (Å²) in [6.07, 6.45) is 6.59. The van der Waals surface area contributed by atoms with Crippen LogP contribution < -0.4 is 10.6 Å². The van der Waals surface area contributed by atoms with Crippen LogP contribution in [0, 0.1) is 0 Å². The molecule has 1 aromatic rings. The van der Waals surface area contributed by atoms with Crippen molar-refractivity contribution in [3.63, 3.8) is 0 Å². The third kappa shape index (κ3) is 5.90. The monoisotopic (exact) mass is 320 g/mol. The molecule has 0 aliphatic carbocycles. The van der Waals surface area contributed by atoms with Crippen LogP contribution in [0.25, 0.3) is 0 Å². The molecule has 23 heavy (non-hydrogen) atoms. The van der Waals surface area contributed by atoms with Crippen molar-refractivity contribution in [3.05, 3.63) is 24.2 Å². The molecule has 0 bridgehead atoms. The highest BCUT2D eigenvalue weighted by molar-refractivity contribution is 5.79. The van der Waals surface area contributed by atoms with E-state index in [2.05, 4.69) is 36.3 Å². The van der Waals surface area contributed by atoms with E-state index in [1.165, 1.54) is 25.8 Å². The van der Waals surface area contributed by atoms with Crippen molar-refractivity contribution in [1.82, 2.24) is 15.5 Å². The van der Waals surface area contributed by atoms with Gasteiger partial charge in [0.2, 0.25) is 0 Å². The van der Waals surface area contributed by atoms with E-state index in [1.54, 1.807) is 6.26 Å². The number of nitrogens with zero attached hydrogens (tertiary/aromatic N) is 2. The van der Waals surface area contributed by atoms with Crippen LogP contribution in [0.1, 0.15) is 45.8 Å². The topological polar surface area (TPSA) is 52.8 Å². The summed E-state index contributed by atoms with van der Waals surface area (Å²) in [5, 5.41) is 6.71. The van der Waals surface area contributed by atoms with Crippen LogP contribution in [0.3, 0.4) is 0 Å². The van der Waals surface area contributed by atoms with Gasteiger partial charge in [-0.1, -0.05) is 6.42 Å². The highest BCUT2D eigenvalue weighted by Crippen LogP contribution is 2.19. The molecule has 1 fully saturated rings. The van der Waals surface area contributed by atoms with E-state index < -0.39 is 0 Å². The molecule has 130 valence electrons. The third-order valence-corrected chi connectivity index (χ3v) is 4.52. The Morgan fingerprint density at radius 3 is 3.00 bits per heavy atom. The Labute approximate surface area is 140 Å². The lowest BCUT2D eigenvalue weighted by Gasteiger charge is -2.37. The Balaban J connectivity index is 1.79. The second-order valence-corrected chi connectivity index (χ2v) is 6.41. The predicted octanol–water partition coefficient (Wildman–Crippen LogP) is 2.64. The van der Waals surface area contributed by atoms with Gasteiger partial charge in [-0.05, 0) is 52.3 Å². The Bertz CT molecular complexity index is 458. The molecule has 5 nitrogen and oxygen atoms in total. The zero-order valence-corrected chi connectivity index (χ0v) is 14.8. The van der Waals surface area contributed by atoms with E-state index in [0.717, 1.165) is 37.8 Å². The summed E-state index contributed by atoms with van der Waals surface area (Å²) in [6.45, 7) is 10.5. The molecular formula is C18H32N4O. The highest BCUT2D eigenvalue weighted by Gasteiger charge is 2.22. The molecular weight excluding hydrogens is 288 g/mol. The molecule has 2 N–H and O–H groups in total. The molecule has 1 aliphatic rings. The number of piperidine rings is 1. The summed E-state index contributed by atoms with van der Waals surface area (Å²) in [5.74, 6) is 1.90. The molecule has 5 heteroatoms. The zero-order chi connectivity index (χ0) is 16.5. The minimum absolute atomic E-state index is 0.492. The Hall–Kier alpha value is -1.49. The summed E-state index contributed by atoms with van der Waals surface area (Å²) >= 11 is 0. The van der Waals surface area contributed by atoms with Gasteiger partial charge in [-0.2, -0.15) is 0 Å². The van der Waals surface area contributed by atoms with Gasteiger partial charge in [0.25, 0.3) is 0 Å². The van der Waals surface area contributed by atoms with Gasteiger partial charge >= 0.3 is 0 Å². The van der Waals surface area contributed by atoms with Crippen LogP contribution in [-0.2, 0) is 6.42 Å². The molecule has 2 rings (SSSR count). The van der Waals surface area contributed by atoms with Gasteiger partial charge < -0.3 is 15.1 Å². The minimum Gasteiger partial charge on any atom is -0.469 e. The molecule has 0 spiro atoms. The first-order valence-corrected chi connectivity index (χ1v) is 9.01. The SMILES string of the molecule is CCNC(=NCC(C)N1CCCCC1C)NCCc1ccco1. The highest BCUT2D eigenvalue weighted by atomic mass is 16.3. The lowest BCUT2D eigenvalue weighted by Crippen LogP contribution is -2.45. The second-order valence-electron chi connectivity index (χ2n) is 6.41. The molecule has 0 radical (unpaired) electrons. The smallest absolute Gasteiger partial charge is 0.191 e. The lowest BCUT2D eigenvalue weighted by molar-refractivity contribution is 0.118. The van der Waals surface area contributed by atoms with E-state index in [4.69, 9.17) is 9.41 Å². The van der Waals surface area contributed by atoms with Crippen molar-refractivity contribution in [2.75, 3.05) is 26.2 Å². The van der Waals surface area contributed by atoms with E-state index >= 15 is 0 Å². The Kier molecular flexibility index (Phi) is 7.46. The molecule has 0 amide bonds. The summed E-state index contributed by atoms with van der Waals surface area (Å²) in [4.78, 5) is 7.36. The average molecular weight is 320 g/mol. The molecule has 2 heterocycles. The van der Waals surface area contributed by atoms with E-state index in [-0.39, 0.29) is 0 Å². The first-order chi connectivity index (χ1) is 11.2. The maximum absolute atomic E-state index is 5.36. The fraction of sp³-hybridized carbons (Fsp3) is 0.722. The number of nitrogens with one attached hydrogen (secondary N) is 2. The number of hydrogen-bond acceptors (Lipinski definition) is 3. The standard InChI is InChI=1S/C18H32N4O/c1-4-19-18(20-11-10-17-9-7-13-23-17)21-14-16(3)22-12-6-5-8-15(22)2/h7,9,13,15-16H,4-6,8,10-12,14H2,1-3H3,(H2,19,20,21). The molecule has 2 atom stereocenters. The van der Waals surface area contributed by atoms with Crippen molar-refractivity contribution < 1.29 is 4.42 Å². The van der Waals surface area contributed by atoms with Crippen LogP contribution >= 0.6 is 0 Å². The molecule has 1 aromatic heterocycles.